The van der Waals surface area contributed by atoms with Crippen LogP contribution in [0.2, 0.25) is 0 Å². The second-order valence-electron chi connectivity index (χ2n) is 5.31. The first kappa shape index (κ1) is 16.7. The Morgan fingerprint density at radius 3 is 2.40 bits per heavy atom. The van der Waals surface area contributed by atoms with E-state index in [1.165, 1.54) is 5.56 Å². The van der Waals surface area contributed by atoms with Crippen molar-refractivity contribution in [2.24, 2.45) is 0 Å². The first-order valence-corrected chi connectivity index (χ1v) is 7.54. The molecule has 1 rings (SSSR count). The van der Waals surface area contributed by atoms with E-state index in [-0.39, 0.29) is 0 Å². The van der Waals surface area contributed by atoms with Crippen molar-refractivity contribution in [3.05, 3.63) is 11.9 Å². The molecule has 0 radical (unpaired) electrons. The molecule has 20 heavy (non-hydrogen) atoms. The number of nitrogens with one attached hydrogen (secondary N) is 1. The Morgan fingerprint density at radius 2 is 1.90 bits per heavy atom. The van der Waals surface area contributed by atoms with E-state index in [4.69, 9.17) is 0 Å². The molecule has 0 amide bonds. The highest BCUT2D eigenvalue weighted by Gasteiger charge is 2.19. The Balaban J connectivity index is 3.10. The van der Waals surface area contributed by atoms with Crippen molar-refractivity contribution < 1.29 is 0 Å². The Hall–Kier alpha value is -1.36. The third-order valence-electron chi connectivity index (χ3n) is 3.39. The smallest absolute Gasteiger partial charge is 0.137 e. The molecule has 1 atom stereocenters. The summed E-state index contributed by atoms with van der Waals surface area (Å²) >= 11 is 0. The van der Waals surface area contributed by atoms with Gasteiger partial charge in [0.2, 0.25) is 0 Å². The number of nitrogens with zero attached hydrogens (tertiary/aromatic N) is 4. The molecular formula is C15H29N5. The van der Waals surface area contributed by atoms with Gasteiger partial charge in [0.05, 0.1) is 0 Å². The molecular weight excluding hydrogens is 250 g/mol. The SMILES string of the molecule is CCNc1ncnc(N(CC)C(C)CN(C)C)c1CC. The minimum atomic E-state index is 0.421. The van der Waals surface area contributed by atoms with Crippen LogP contribution in [0, 0.1) is 0 Å². The average molecular weight is 279 g/mol. The predicted molar refractivity (Wildman–Crippen MR) is 86.6 cm³/mol. The van der Waals surface area contributed by atoms with Crippen molar-refractivity contribution in [1.82, 2.24) is 14.9 Å². The molecule has 1 heterocycles. The lowest BCUT2D eigenvalue weighted by molar-refractivity contribution is 0.372. The average Bonchev–Trinajstić information content (AvgIpc) is 2.39. The van der Waals surface area contributed by atoms with Crippen molar-refractivity contribution in [3.63, 3.8) is 0 Å². The van der Waals surface area contributed by atoms with Gasteiger partial charge >= 0.3 is 0 Å². The fourth-order valence-electron chi connectivity index (χ4n) is 2.59. The van der Waals surface area contributed by atoms with Crippen molar-refractivity contribution in [1.29, 1.82) is 0 Å². The Morgan fingerprint density at radius 1 is 1.20 bits per heavy atom. The van der Waals surface area contributed by atoms with Gasteiger partial charge in [-0.2, -0.15) is 0 Å². The molecule has 0 aliphatic rings. The summed E-state index contributed by atoms with van der Waals surface area (Å²) in [5.74, 6) is 2.03. The predicted octanol–water partition coefficient (Wildman–Crippen LogP) is 2.25. The maximum absolute atomic E-state index is 4.55. The first-order valence-electron chi connectivity index (χ1n) is 7.54. The van der Waals surface area contributed by atoms with E-state index >= 15 is 0 Å². The van der Waals surface area contributed by atoms with Crippen LogP contribution in [0.15, 0.2) is 6.33 Å². The Kier molecular flexibility index (Phi) is 6.71. The largest absolute Gasteiger partial charge is 0.370 e. The zero-order chi connectivity index (χ0) is 15.1. The third-order valence-corrected chi connectivity index (χ3v) is 3.39. The van der Waals surface area contributed by atoms with Crippen LogP contribution in [0.25, 0.3) is 0 Å². The fraction of sp³-hybridized carbons (Fsp3) is 0.733. The molecule has 5 nitrogen and oxygen atoms in total. The molecule has 0 aliphatic carbocycles. The topological polar surface area (TPSA) is 44.3 Å². The van der Waals surface area contributed by atoms with Crippen LogP contribution in [0.5, 0.6) is 0 Å². The van der Waals surface area contributed by atoms with Gasteiger partial charge in [0.1, 0.15) is 18.0 Å². The molecule has 0 saturated carbocycles. The highest BCUT2D eigenvalue weighted by atomic mass is 15.2. The van der Waals surface area contributed by atoms with E-state index in [0.29, 0.717) is 6.04 Å². The van der Waals surface area contributed by atoms with E-state index in [1.54, 1.807) is 6.33 Å². The Labute approximate surface area is 123 Å². The van der Waals surface area contributed by atoms with Gasteiger partial charge in [-0.15, -0.1) is 0 Å². The molecule has 0 spiro atoms. The number of rotatable bonds is 8. The van der Waals surface area contributed by atoms with Crippen LogP contribution in [0.4, 0.5) is 11.6 Å². The molecule has 0 bridgehead atoms. The number of anilines is 2. The summed E-state index contributed by atoms with van der Waals surface area (Å²) in [5, 5.41) is 3.34. The van der Waals surface area contributed by atoms with Crippen LogP contribution >= 0.6 is 0 Å². The maximum atomic E-state index is 4.55. The van der Waals surface area contributed by atoms with Crippen LogP contribution in [0.1, 0.15) is 33.3 Å². The zero-order valence-electron chi connectivity index (χ0n) is 13.8. The van der Waals surface area contributed by atoms with Gasteiger partial charge in [0.15, 0.2) is 0 Å². The quantitative estimate of drug-likeness (QED) is 0.790. The van der Waals surface area contributed by atoms with Crippen molar-refractivity contribution in [2.45, 2.75) is 40.2 Å². The molecule has 1 aromatic heterocycles. The second kappa shape index (κ2) is 8.04. The van der Waals surface area contributed by atoms with E-state index in [1.807, 2.05) is 0 Å². The van der Waals surface area contributed by atoms with Crippen molar-refractivity contribution in [3.8, 4) is 0 Å². The van der Waals surface area contributed by atoms with Gasteiger partial charge in [-0.05, 0) is 41.3 Å². The van der Waals surface area contributed by atoms with Crippen molar-refractivity contribution in [2.75, 3.05) is 43.9 Å². The minimum absolute atomic E-state index is 0.421. The molecule has 0 aliphatic heterocycles. The monoisotopic (exact) mass is 279 g/mol. The molecule has 0 saturated heterocycles. The number of hydrogen-bond acceptors (Lipinski definition) is 5. The highest BCUT2D eigenvalue weighted by Crippen LogP contribution is 2.25. The lowest BCUT2D eigenvalue weighted by atomic mass is 10.1. The van der Waals surface area contributed by atoms with Crippen LogP contribution < -0.4 is 10.2 Å². The Bertz CT molecular complexity index is 405. The summed E-state index contributed by atoms with van der Waals surface area (Å²) in [6.07, 6.45) is 2.60. The van der Waals surface area contributed by atoms with Crippen LogP contribution in [-0.4, -0.2) is 54.6 Å². The molecule has 0 fully saturated rings. The molecule has 0 aromatic carbocycles. The first-order chi connectivity index (χ1) is 9.54. The van der Waals surface area contributed by atoms with Gasteiger partial charge < -0.3 is 15.1 Å². The van der Waals surface area contributed by atoms with E-state index in [9.17, 15) is 0 Å². The number of hydrogen-bond donors (Lipinski definition) is 1. The standard InChI is InChI=1S/C15H29N5/c1-7-13-14(16-8-2)17-11-18-15(13)20(9-3)12(4)10-19(5)6/h11-12H,7-10H2,1-6H3,(H,16,17,18). The number of likely N-dealkylation sites (N-methyl/N-ethyl adjacent to an activating group) is 2. The summed E-state index contributed by atoms with van der Waals surface area (Å²) in [6.45, 7) is 11.5. The normalized spacial score (nSPS) is 12.6. The zero-order valence-corrected chi connectivity index (χ0v) is 13.8. The maximum Gasteiger partial charge on any atom is 0.137 e. The highest BCUT2D eigenvalue weighted by molar-refractivity contribution is 5.59. The molecule has 114 valence electrons. The van der Waals surface area contributed by atoms with Gasteiger partial charge in [0.25, 0.3) is 0 Å². The minimum Gasteiger partial charge on any atom is -0.370 e. The van der Waals surface area contributed by atoms with Crippen LogP contribution in [-0.2, 0) is 6.42 Å². The molecule has 1 aromatic rings. The molecule has 1 unspecified atom stereocenters. The second-order valence-corrected chi connectivity index (χ2v) is 5.31. The lowest BCUT2D eigenvalue weighted by Gasteiger charge is -2.32. The summed E-state index contributed by atoms with van der Waals surface area (Å²) in [6, 6.07) is 0.421. The van der Waals surface area contributed by atoms with Gasteiger partial charge in [0, 0.05) is 31.2 Å². The van der Waals surface area contributed by atoms with E-state index in [2.05, 4.69) is 66.9 Å². The summed E-state index contributed by atoms with van der Waals surface area (Å²) in [5.41, 5.74) is 1.21. The summed E-state index contributed by atoms with van der Waals surface area (Å²) in [7, 11) is 4.21. The van der Waals surface area contributed by atoms with E-state index < -0.39 is 0 Å². The fourth-order valence-corrected chi connectivity index (χ4v) is 2.59. The summed E-state index contributed by atoms with van der Waals surface area (Å²) < 4.78 is 0. The summed E-state index contributed by atoms with van der Waals surface area (Å²) in [4.78, 5) is 13.5. The third kappa shape index (κ3) is 4.07. The lowest BCUT2D eigenvalue weighted by Crippen LogP contribution is -2.41. The number of aromatic nitrogens is 2. The molecule has 5 heteroatoms. The van der Waals surface area contributed by atoms with Crippen molar-refractivity contribution >= 4 is 11.6 Å². The molecule has 1 N–H and O–H groups in total. The van der Waals surface area contributed by atoms with E-state index in [0.717, 1.165) is 37.7 Å². The van der Waals surface area contributed by atoms with Crippen LogP contribution in [0.3, 0.4) is 0 Å². The van der Waals surface area contributed by atoms with Gasteiger partial charge in [-0.3, -0.25) is 0 Å². The van der Waals surface area contributed by atoms with Gasteiger partial charge in [-0.1, -0.05) is 6.92 Å². The van der Waals surface area contributed by atoms with Gasteiger partial charge in [-0.25, -0.2) is 9.97 Å².